The van der Waals surface area contributed by atoms with E-state index in [9.17, 15) is 13.2 Å². The van der Waals surface area contributed by atoms with Gasteiger partial charge in [-0.15, -0.1) is 0 Å². The van der Waals surface area contributed by atoms with Gasteiger partial charge in [-0.25, -0.2) is 17.7 Å². The summed E-state index contributed by atoms with van der Waals surface area (Å²) in [6.07, 6.45) is 3.01. The van der Waals surface area contributed by atoms with Crippen molar-refractivity contribution in [1.29, 1.82) is 0 Å². The molecule has 182 valence electrons. The number of carbonyl (C=O) groups is 1. The molecule has 4 rings (SSSR count). The topological polar surface area (TPSA) is 75.5 Å². The van der Waals surface area contributed by atoms with Gasteiger partial charge in [0.2, 0.25) is 15.9 Å². The van der Waals surface area contributed by atoms with Crippen LogP contribution in [0.4, 0.5) is 0 Å². The smallest absolute Gasteiger partial charge is 0.242 e. The van der Waals surface area contributed by atoms with Crippen LogP contribution in [0.2, 0.25) is 0 Å². The second-order valence-corrected chi connectivity index (χ2v) is 11.8. The minimum Gasteiger partial charge on any atom is -0.335 e. The zero-order valence-corrected chi connectivity index (χ0v) is 21.5. The van der Waals surface area contributed by atoms with Crippen molar-refractivity contribution in [2.45, 2.75) is 62.9 Å². The first-order valence-corrected chi connectivity index (χ1v) is 13.3. The van der Waals surface area contributed by atoms with Crippen molar-refractivity contribution in [2.75, 3.05) is 14.1 Å². The predicted octanol–water partition coefficient (Wildman–Crippen LogP) is 4.07. The van der Waals surface area contributed by atoms with E-state index in [1.807, 2.05) is 16.5 Å². The standard InChI is InChI=1S/C26H34N4O3S/c1-18(2)20-8-6-19(7-9-20)17-30(21-10-11-21)26(31)15-14-25-27-23-16-22(34(32,33)28(3)4)12-13-24(23)29(25)5/h6-9,12-13,16,18,21H,10-11,14-15,17H2,1-5H3. The molecule has 0 radical (unpaired) electrons. The maximum absolute atomic E-state index is 13.2. The molecule has 34 heavy (non-hydrogen) atoms. The molecule has 2 aromatic carbocycles. The molecule has 1 aliphatic rings. The predicted molar refractivity (Wildman–Crippen MR) is 134 cm³/mol. The van der Waals surface area contributed by atoms with Crippen molar-refractivity contribution >= 4 is 27.0 Å². The number of fused-ring (bicyclic) bond motifs is 1. The summed E-state index contributed by atoms with van der Waals surface area (Å²) in [6, 6.07) is 13.9. The summed E-state index contributed by atoms with van der Waals surface area (Å²) in [7, 11) is 1.41. The third kappa shape index (κ3) is 5.03. The van der Waals surface area contributed by atoms with E-state index in [1.54, 1.807) is 18.2 Å². The first kappa shape index (κ1) is 24.4. The zero-order valence-electron chi connectivity index (χ0n) is 20.7. The molecule has 0 bridgehead atoms. The maximum Gasteiger partial charge on any atom is 0.242 e. The molecule has 0 saturated heterocycles. The number of imidazole rings is 1. The minimum atomic E-state index is -3.53. The number of sulfonamides is 1. The lowest BCUT2D eigenvalue weighted by atomic mass is 10.0. The average molecular weight is 483 g/mol. The Morgan fingerprint density at radius 3 is 2.38 bits per heavy atom. The maximum atomic E-state index is 13.2. The number of benzene rings is 2. The Hall–Kier alpha value is -2.71. The number of amides is 1. The number of rotatable bonds is 9. The Morgan fingerprint density at radius 1 is 1.12 bits per heavy atom. The zero-order chi connectivity index (χ0) is 24.6. The summed E-state index contributed by atoms with van der Waals surface area (Å²) in [5.41, 5.74) is 3.93. The largest absolute Gasteiger partial charge is 0.335 e. The lowest BCUT2D eigenvalue weighted by Gasteiger charge is -2.23. The highest BCUT2D eigenvalue weighted by atomic mass is 32.2. The number of aryl methyl sites for hydroxylation is 2. The van der Waals surface area contributed by atoms with E-state index < -0.39 is 10.0 Å². The van der Waals surface area contributed by atoms with Crippen LogP contribution in [0, 0.1) is 0 Å². The van der Waals surface area contributed by atoms with Gasteiger partial charge in [0.15, 0.2) is 0 Å². The highest BCUT2D eigenvalue weighted by molar-refractivity contribution is 7.89. The summed E-state index contributed by atoms with van der Waals surface area (Å²) < 4.78 is 28.1. The molecule has 0 spiro atoms. The molecule has 8 heteroatoms. The average Bonchev–Trinajstić information content (AvgIpc) is 3.59. The van der Waals surface area contributed by atoms with Crippen LogP contribution >= 0.6 is 0 Å². The monoisotopic (exact) mass is 482 g/mol. The third-order valence-electron chi connectivity index (χ3n) is 6.59. The molecule has 1 fully saturated rings. The minimum absolute atomic E-state index is 0.137. The van der Waals surface area contributed by atoms with Gasteiger partial charge in [0.1, 0.15) is 5.82 Å². The molecule has 0 unspecified atom stereocenters. The van der Waals surface area contributed by atoms with Crippen LogP contribution in [-0.2, 0) is 34.8 Å². The molecule has 0 aliphatic heterocycles. The Bertz CT molecular complexity index is 1290. The lowest BCUT2D eigenvalue weighted by Crippen LogP contribution is -2.32. The first-order chi connectivity index (χ1) is 16.1. The molecule has 1 saturated carbocycles. The molecule has 1 heterocycles. The van der Waals surface area contributed by atoms with E-state index in [0.717, 1.165) is 29.7 Å². The van der Waals surface area contributed by atoms with Crippen LogP contribution in [0.1, 0.15) is 56.0 Å². The Labute approximate surface area is 202 Å². The van der Waals surface area contributed by atoms with Gasteiger partial charge < -0.3 is 9.47 Å². The molecule has 3 aromatic rings. The number of hydrogen-bond donors (Lipinski definition) is 0. The second kappa shape index (κ2) is 9.50. The van der Waals surface area contributed by atoms with E-state index in [2.05, 4.69) is 43.1 Å². The van der Waals surface area contributed by atoms with Crippen LogP contribution in [0.3, 0.4) is 0 Å². The van der Waals surface area contributed by atoms with Crippen LogP contribution in [0.15, 0.2) is 47.4 Å². The fourth-order valence-corrected chi connectivity index (χ4v) is 5.12. The fraction of sp³-hybridized carbons (Fsp3) is 0.462. The molecule has 0 N–H and O–H groups in total. The second-order valence-electron chi connectivity index (χ2n) is 9.67. The lowest BCUT2D eigenvalue weighted by molar-refractivity contribution is -0.132. The quantitative estimate of drug-likeness (QED) is 0.461. The van der Waals surface area contributed by atoms with Crippen LogP contribution in [-0.4, -0.2) is 53.2 Å². The van der Waals surface area contributed by atoms with Crippen molar-refractivity contribution in [3.63, 3.8) is 0 Å². The molecule has 0 atom stereocenters. The summed E-state index contributed by atoms with van der Waals surface area (Å²) >= 11 is 0. The van der Waals surface area contributed by atoms with Crippen molar-refractivity contribution in [3.8, 4) is 0 Å². The summed E-state index contributed by atoms with van der Waals surface area (Å²) in [6.45, 7) is 4.99. The van der Waals surface area contributed by atoms with Gasteiger partial charge in [-0.05, 0) is 48.1 Å². The van der Waals surface area contributed by atoms with E-state index in [-0.39, 0.29) is 10.8 Å². The number of nitrogens with zero attached hydrogens (tertiary/aromatic N) is 4. The molecule has 7 nitrogen and oxygen atoms in total. The molecular weight excluding hydrogens is 448 g/mol. The van der Waals surface area contributed by atoms with Gasteiger partial charge in [0.05, 0.1) is 15.9 Å². The SMILES string of the molecule is CC(C)c1ccc(CN(C(=O)CCc2nc3cc(S(=O)(=O)N(C)C)ccc3n2C)C2CC2)cc1. The molecule has 1 amide bonds. The Morgan fingerprint density at radius 2 is 1.79 bits per heavy atom. The van der Waals surface area contributed by atoms with E-state index >= 15 is 0 Å². The number of hydrogen-bond acceptors (Lipinski definition) is 4. The van der Waals surface area contributed by atoms with Crippen LogP contribution in [0.5, 0.6) is 0 Å². The molecule has 1 aromatic heterocycles. The van der Waals surface area contributed by atoms with Crippen molar-refractivity contribution < 1.29 is 13.2 Å². The Kier molecular flexibility index (Phi) is 6.82. The van der Waals surface area contributed by atoms with Gasteiger partial charge in [0.25, 0.3) is 0 Å². The van der Waals surface area contributed by atoms with Gasteiger partial charge in [-0.1, -0.05) is 38.1 Å². The van der Waals surface area contributed by atoms with Crippen LogP contribution in [0.25, 0.3) is 11.0 Å². The van der Waals surface area contributed by atoms with E-state index in [1.165, 1.54) is 24.0 Å². The van der Waals surface area contributed by atoms with Crippen LogP contribution < -0.4 is 0 Å². The van der Waals surface area contributed by atoms with Gasteiger partial charge in [-0.2, -0.15) is 0 Å². The van der Waals surface area contributed by atoms with E-state index in [4.69, 9.17) is 0 Å². The summed E-state index contributed by atoms with van der Waals surface area (Å²) in [5.74, 6) is 1.40. The fourth-order valence-electron chi connectivity index (χ4n) is 4.20. The number of carbonyl (C=O) groups excluding carboxylic acids is 1. The molecular formula is C26H34N4O3S. The van der Waals surface area contributed by atoms with Crippen molar-refractivity contribution in [2.24, 2.45) is 7.05 Å². The molecule has 1 aliphatic carbocycles. The summed E-state index contributed by atoms with van der Waals surface area (Å²) in [4.78, 5) is 20.1. The van der Waals surface area contributed by atoms with Gasteiger partial charge in [0, 0.05) is 46.6 Å². The Balaban J connectivity index is 1.47. The van der Waals surface area contributed by atoms with Crippen molar-refractivity contribution in [3.05, 3.63) is 59.4 Å². The van der Waals surface area contributed by atoms with Gasteiger partial charge >= 0.3 is 0 Å². The number of aromatic nitrogens is 2. The highest BCUT2D eigenvalue weighted by Crippen LogP contribution is 2.30. The van der Waals surface area contributed by atoms with Crippen molar-refractivity contribution in [1.82, 2.24) is 18.8 Å². The first-order valence-electron chi connectivity index (χ1n) is 11.8. The van der Waals surface area contributed by atoms with Gasteiger partial charge in [-0.3, -0.25) is 4.79 Å². The normalized spacial score (nSPS) is 14.3. The summed E-state index contributed by atoms with van der Waals surface area (Å²) in [5, 5.41) is 0. The third-order valence-corrected chi connectivity index (χ3v) is 8.40. The highest BCUT2D eigenvalue weighted by Gasteiger charge is 2.32. The van der Waals surface area contributed by atoms with E-state index in [0.29, 0.717) is 36.9 Å².